The molecular weight excluding hydrogens is 228 g/mol. The quantitative estimate of drug-likeness (QED) is 0.763. The first kappa shape index (κ1) is 12.8. The second kappa shape index (κ2) is 5.78. The predicted molar refractivity (Wildman–Crippen MR) is 68.2 cm³/mol. The van der Waals surface area contributed by atoms with Gasteiger partial charge < -0.3 is 9.64 Å². The van der Waals surface area contributed by atoms with Crippen LogP contribution in [0.25, 0.3) is 0 Å². The molecule has 96 valence electrons. The van der Waals surface area contributed by atoms with Gasteiger partial charge in [-0.05, 0) is 31.7 Å². The Balaban J connectivity index is 2.18. The van der Waals surface area contributed by atoms with Crippen LogP contribution in [0.15, 0.2) is 12.3 Å². The van der Waals surface area contributed by atoms with Crippen molar-refractivity contribution in [1.82, 2.24) is 9.97 Å². The van der Waals surface area contributed by atoms with Crippen molar-refractivity contribution >= 4 is 5.95 Å². The molecule has 0 N–H and O–H groups in total. The molecule has 1 unspecified atom stereocenters. The van der Waals surface area contributed by atoms with E-state index in [-0.39, 0.29) is 0 Å². The molecule has 0 bridgehead atoms. The van der Waals surface area contributed by atoms with Crippen molar-refractivity contribution in [1.29, 1.82) is 5.26 Å². The second-order valence-corrected chi connectivity index (χ2v) is 4.62. The van der Waals surface area contributed by atoms with E-state index >= 15 is 0 Å². The summed E-state index contributed by atoms with van der Waals surface area (Å²) >= 11 is 0. The first-order valence-electron chi connectivity index (χ1n) is 6.25. The maximum absolute atomic E-state index is 8.90. The molecule has 18 heavy (non-hydrogen) atoms. The van der Waals surface area contributed by atoms with E-state index in [2.05, 4.69) is 27.9 Å². The van der Waals surface area contributed by atoms with Gasteiger partial charge in [-0.15, -0.1) is 0 Å². The molecule has 1 atom stereocenters. The molecular formula is C13H18N4O. The number of nitriles is 1. The molecule has 1 saturated carbocycles. The molecule has 1 aliphatic carbocycles. The lowest BCUT2D eigenvalue weighted by Crippen LogP contribution is -2.38. The van der Waals surface area contributed by atoms with Crippen LogP contribution >= 0.6 is 0 Å². The highest BCUT2D eigenvalue weighted by atomic mass is 16.5. The highest BCUT2D eigenvalue weighted by molar-refractivity contribution is 5.35. The van der Waals surface area contributed by atoms with Gasteiger partial charge in [0.15, 0.2) is 0 Å². The summed E-state index contributed by atoms with van der Waals surface area (Å²) in [6, 6.07) is 4.08. The molecule has 1 aromatic rings. The molecule has 0 amide bonds. The number of hydrogen-bond acceptors (Lipinski definition) is 5. The lowest BCUT2D eigenvalue weighted by molar-refractivity contribution is 0.202. The molecule has 0 radical (unpaired) electrons. The minimum Gasteiger partial charge on any atom is -0.383 e. The Morgan fingerprint density at radius 1 is 1.61 bits per heavy atom. The summed E-state index contributed by atoms with van der Waals surface area (Å²) < 4.78 is 5.14. The minimum absolute atomic E-state index is 0.397. The zero-order chi connectivity index (χ0) is 13.0. The molecule has 0 aromatic carbocycles. The normalized spacial score (nSPS) is 16.1. The second-order valence-electron chi connectivity index (χ2n) is 4.62. The summed E-state index contributed by atoms with van der Waals surface area (Å²) in [6.07, 6.45) is 4.17. The van der Waals surface area contributed by atoms with Gasteiger partial charge in [0.1, 0.15) is 11.8 Å². The van der Waals surface area contributed by atoms with Crippen LogP contribution in [-0.2, 0) is 4.74 Å². The van der Waals surface area contributed by atoms with Crippen molar-refractivity contribution in [3.05, 3.63) is 18.0 Å². The smallest absolute Gasteiger partial charge is 0.226 e. The largest absolute Gasteiger partial charge is 0.383 e. The minimum atomic E-state index is 0.397. The number of hydrogen-bond donors (Lipinski definition) is 0. The zero-order valence-corrected chi connectivity index (χ0v) is 10.8. The average Bonchev–Trinajstić information content (AvgIpc) is 3.23. The fraction of sp³-hybridized carbons (Fsp3) is 0.615. The predicted octanol–water partition coefficient (Wildman–Crippen LogP) is 1.60. The van der Waals surface area contributed by atoms with Gasteiger partial charge in [0.05, 0.1) is 6.61 Å². The van der Waals surface area contributed by atoms with E-state index in [1.807, 2.05) is 0 Å². The Hall–Kier alpha value is -1.67. The van der Waals surface area contributed by atoms with Crippen LogP contribution in [0.2, 0.25) is 0 Å². The molecule has 5 nitrogen and oxygen atoms in total. The van der Waals surface area contributed by atoms with Crippen LogP contribution in [0.5, 0.6) is 0 Å². The maximum Gasteiger partial charge on any atom is 0.226 e. The van der Waals surface area contributed by atoms with E-state index in [0.717, 1.165) is 12.5 Å². The van der Waals surface area contributed by atoms with Crippen molar-refractivity contribution < 1.29 is 4.74 Å². The van der Waals surface area contributed by atoms with Gasteiger partial charge in [0, 0.05) is 25.9 Å². The summed E-state index contributed by atoms with van der Waals surface area (Å²) in [5, 5.41) is 8.90. The summed E-state index contributed by atoms with van der Waals surface area (Å²) in [6.45, 7) is 3.58. The highest BCUT2D eigenvalue weighted by Crippen LogP contribution is 2.36. The topological polar surface area (TPSA) is 62.0 Å². The van der Waals surface area contributed by atoms with Gasteiger partial charge in [0.2, 0.25) is 5.95 Å². The van der Waals surface area contributed by atoms with Crippen molar-refractivity contribution in [3.63, 3.8) is 0 Å². The van der Waals surface area contributed by atoms with Crippen LogP contribution in [0.3, 0.4) is 0 Å². The van der Waals surface area contributed by atoms with E-state index in [4.69, 9.17) is 10.00 Å². The third-order valence-electron chi connectivity index (χ3n) is 3.35. The monoisotopic (exact) mass is 246 g/mol. The zero-order valence-electron chi connectivity index (χ0n) is 10.8. The molecule has 0 aliphatic heterocycles. The first-order chi connectivity index (χ1) is 8.76. The Labute approximate surface area is 107 Å². The maximum atomic E-state index is 8.90. The number of ether oxygens (including phenoxy) is 1. The number of methoxy groups -OCH3 is 1. The lowest BCUT2D eigenvalue weighted by atomic mass is 10.2. The molecule has 0 spiro atoms. The van der Waals surface area contributed by atoms with Crippen molar-refractivity contribution in [2.24, 2.45) is 5.92 Å². The Kier molecular flexibility index (Phi) is 4.11. The van der Waals surface area contributed by atoms with Crippen molar-refractivity contribution in [2.75, 3.05) is 25.2 Å². The Morgan fingerprint density at radius 2 is 2.39 bits per heavy atom. The van der Waals surface area contributed by atoms with Crippen molar-refractivity contribution in [3.8, 4) is 6.07 Å². The number of nitrogens with zero attached hydrogens (tertiary/aromatic N) is 4. The third kappa shape index (κ3) is 2.96. The van der Waals surface area contributed by atoms with Gasteiger partial charge in [-0.1, -0.05) is 0 Å². The summed E-state index contributed by atoms with van der Waals surface area (Å²) in [5.41, 5.74) is 0.408. The van der Waals surface area contributed by atoms with Gasteiger partial charge in [-0.2, -0.15) is 5.26 Å². The third-order valence-corrected chi connectivity index (χ3v) is 3.35. The van der Waals surface area contributed by atoms with Crippen LogP contribution in [0.4, 0.5) is 5.95 Å². The summed E-state index contributed by atoms with van der Waals surface area (Å²) in [5.74, 6) is 1.35. The van der Waals surface area contributed by atoms with E-state index in [1.165, 1.54) is 12.8 Å². The van der Waals surface area contributed by atoms with Gasteiger partial charge in [-0.25, -0.2) is 9.97 Å². The lowest BCUT2D eigenvalue weighted by Gasteiger charge is -2.29. The van der Waals surface area contributed by atoms with Crippen LogP contribution in [0, 0.1) is 17.2 Å². The van der Waals surface area contributed by atoms with E-state index < -0.39 is 0 Å². The number of rotatable bonds is 6. The van der Waals surface area contributed by atoms with Crippen molar-refractivity contribution in [2.45, 2.75) is 25.8 Å². The summed E-state index contributed by atoms with van der Waals surface area (Å²) in [7, 11) is 1.69. The van der Waals surface area contributed by atoms with Gasteiger partial charge in [-0.3, -0.25) is 0 Å². The Bertz CT molecular complexity index is 439. The highest BCUT2D eigenvalue weighted by Gasteiger charge is 2.33. The molecule has 5 heteroatoms. The molecule has 1 fully saturated rings. The first-order valence-corrected chi connectivity index (χ1v) is 6.25. The molecule has 1 aromatic heterocycles. The van der Waals surface area contributed by atoms with E-state index in [1.54, 1.807) is 19.4 Å². The number of aromatic nitrogens is 2. The standard InChI is InChI=1S/C13H18N4O/c1-10(11-3-4-11)17(7-8-18-2)13-15-6-5-12(9-14)16-13/h5-6,10-11H,3-4,7-8H2,1-2H3. The van der Waals surface area contributed by atoms with Crippen LogP contribution in [0.1, 0.15) is 25.5 Å². The van der Waals surface area contributed by atoms with Gasteiger partial charge in [0.25, 0.3) is 0 Å². The molecule has 1 aliphatic rings. The molecule has 1 heterocycles. The molecule has 0 saturated heterocycles. The fourth-order valence-corrected chi connectivity index (χ4v) is 2.06. The average molecular weight is 246 g/mol. The SMILES string of the molecule is COCCN(c1nccc(C#N)n1)C(C)C1CC1. The Morgan fingerprint density at radius 3 is 3.00 bits per heavy atom. The van der Waals surface area contributed by atoms with E-state index in [0.29, 0.717) is 24.3 Å². The number of anilines is 1. The van der Waals surface area contributed by atoms with Gasteiger partial charge >= 0.3 is 0 Å². The van der Waals surface area contributed by atoms with E-state index in [9.17, 15) is 0 Å². The molecule has 2 rings (SSSR count). The fourth-order valence-electron chi connectivity index (χ4n) is 2.06. The van der Waals surface area contributed by atoms with Crippen LogP contribution < -0.4 is 4.90 Å². The summed E-state index contributed by atoms with van der Waals surface area (Å²) in [4.78, 5) is 10.7. The van der Waals surface area contributed by atoms with Crippen LogP contribution in [-0.4, -0.2) is 36.3 Å².